The summed E-state index contributed by atoms with van der Waals surface area (Å²) in [6, 6.07) is 3.28. The van der Waals surface area contributed by atoms with Crippen molar-refractivity contribution in [3.05, 3.63) is 12.1 Å². The Kier molecular flexibility index (Phi) is 3.20. The standard InChI is InChI=1S/C13H17N3O4S/c1-16(8-2-3-21(18,19)7-8)11-5-10-12(4-9(11)14)20-6-13(17)15-10/h4-5,8H,2-3,6-7,14H2,1H3,(H,15,17). The van der Waals surface area contributed by atoms with Crippen molar-refractivity contribution >= 4 is 32.8 Å². The number of nitrogens with zero attached hydrogens (tertiary/aromatic N) is 1. The number of carbonyl (C=O) groups is 1. The van der Waals surface area contributed by atoms with Crippen LogP contribution in [0.15, 0.2) is 12.1 Å². The Balaban J connectivity index is 1.91. The topological polar surface area (TPSA) is 102 Å². The average molecular weight is 311 g/mol. The maximum absolute atomic E-state index is 11.6. The normalized spacial score (nSPS) is 23.1. The lowest BCUT2D eigenvalue weighted by atomic mass is 10.1. The van der Waals surface area contributed by atoms with Crippen molar-refractivity contribution in [2.24, 2.45) is 0 Å². The Labute approximate surface area is 123 Å². The molecule has 0 radical (unpaired) electrons. The molecule has 1 saturated heterocycles. The van der Waals surface area contributed by atoms with Crippen LogP contribution in [0.25, 0.3) is 0 Å². The molecule has 1 atom stereocenters. The highest BCUT2D eigenvalue weighted by atomic mass is 32.2. The molecule has 8 heteroatoms. The molecule has 2 heterocycles. The molecule has 1 aromatic carbocycles. The lowest BCUT2D eigenvalue weighted by Crippen LogP contribution is -2.33. The molecule has 1 amide bonds. The number of rotatable bonds is 2. The average Bonchev–Trinajstić information content (AvgIpc) is 2.78. The van der Waals surface area contributed by atoms with E-state index < -0.39 is 9.84 Å². The van der Waals surface area contributed by atoms with Gasteiger partial charge in [0.15, 0.2) is 16.4 Å². The number of nitrogens with two attached hydrogens (primary N) is 1. The van der Waals surface area contributed by atoms with Crippen LogP contribution in [0.4, 0.5) is 17.1 Å². The van der Waals surface area contributed by atoms with Gasteiger partial charge in [0, 0.05) is 19.2 Å². The van der Waals surface area contributed by atoms with Gasteiger partial charge in [-0.3, -0.25) is 4.79 Å². The zero-order chi connectivity index (χ0) is 15.2. The monoisotopic (exact) mass is 311 g/mol. The van der Waals surface area contributed by atoms with Gasteiger partial charge in [-0.2, -0.15) is 0 Å². The maximum atomic E-state index is 11.6. The summed E-state index contributed by atoms with van der Waals surface area (Å²) in [6.07, 6.45) is 0.582. The molecule has 0 aliphatic carbocycles. The lowest BCUT2D eigenvalue weighted by Gasteiger charge is -2.29. The van der Waals surface area contributed by atoms with Gasteiger partial charge in [-0.05, 0) is 12.5 Å². The fourth-order valence-corrected chi connectivity index (χ4v) is 4.49. The first-order valence-corrected chi connectivity index (χ1v) is 8.47. The zero-order valence-electron chi connectivity index (χ0n) is 11.6. The summed E-state index contributed by atoms with van der Waals surface area (Å²) in [5, 5.41) is 2.72. The minimum Gasteiger partial charge on any atom is -0.482 e. The number of carbonyl (C=O) groups excluding carboxylic acids is 1. The number of hydrogen-bond acceptors (Lipinski definition) is 6. The van der Waals surface area contributed by atoms with Crippen molar-refractivity contribution in [3.63, 3.8) is 0 Å². The molecule has 0 aromatic heterocycles. The van der Waals surface area contributed by atoms with Crippen molar-refractivity contribution in [1.82, 2.24) is 0 Å². The molecule has 2 aliphatic heterocycles. The van der Waals surface area contributed by atoms with E-state index in [4.69, 9.17) is 10.5 Å². The number of anilines is 3. The van der Waals surface area contributed by atoms with Crippen molar-refractivity contribution < 1.29 is 17.9 Å². The third kappa shape index (κ3) is 2.63. The zero-order valence-corrected chi connectivity index (χ0v) is 12.4. The predicted molar refractivity (Wildman–Crippen MR) is 80.4 cm³/mol. The first-order valence-electron chi connectivity index (χ1n) is 6.65. The predicted octanol–water partition coefficient (Wildman–Crippen LogP) is 0.223. The van der Waals surface area contributed by atoms with Crippen LogP contribution in [0, 0.1) is 0 Å². The van der Waals surface area contributed by atoms with Crippen LogP contribution in [0.2, 0.25) is 0 Å². The molecular formula is C13H17N3O4S. The number of sulfone groups is 1. The number of ether oxygens (including phenoxy) is 1. The molecule has 1 fully saturated rings. The minimum absolute atomic E-state index is 0.0253. The van der Waals surface area contributed by atoms with E-state index in [9.17, 15) is 13.2 Å². The van der Waals surface area contributed by atoms with Crippen LogP contribution < -0.4 is 20.7 Å². The third-order valence-corrected chi connectivity index (χ3v) is 5.65. The molecule has 3 N–H and O–H groups in total. The van der Waals surface area contributed by atoms with Gasteiger partial charge in [0.2, 0.25) is 0 Å². The Morgan fingerprint density at radius 2 is 2.19 bits per heavy atom. The van der Waals surface area contributed by atoms with E-state index in [2.05, 4.69) is 5.32 Å². The minimum atomic E-state index is -2.96. The highest BCUT2D eigenvalue weighted by Gasteiger charge is 2.32. The summed E-state index contributed by atoms with van der Waals surface area (Å²) < 4.78 is 28.5. The fourth-order valence-electron chi connectivity index (χ4n) is 2.71. The van der Waals surface area contributed by atoms with E-state index in [1.54, 1.807) is 12.1 Å². The molecule has 1 aromatic rings. The van der Waals surface area contributed by atoms with E-state index in [0.29, 0.717) is 29.2 Å². The van der Waals surface area contributed by atoms with Crippen molar-refractivity contribution in [3.8, 4) is 5.75 Å². The molecule has 3 rings (SSSR count). The Hall–Kier alpha value is -1.96. The van der Waals surface area contributed by atoms with E-state index in [0.717, 1.165) is 0 Å². The highest BCUT2D eigenvalue weighted by Crippen LogP contribution is 2.38. The molecule has 1 unspecified atom stereocenters. The second-order valence-electron chi connectivity index (χ2n) is 5.41. The molecular weight excluding hydrogens is 294 g/mol. The van der Waals surface area contributed by atoms with E-state index in [-0.39, 0.29) is 30.1 Å². The van der Waals surface area contributed by atoms with E-state index >= 15 is 0 Å². The van der Waals surface area contributed by atoms with Crippen molar-refractivity contribution in [2.45, 2.75) is 12.5 Å². The van der Waals surface area contributed by atoms with Gasteiger partial charge in [-0.25, -0.2) is 8.42 Å². The van der Waals surface area contributed by atoms with E-state index in [1.807, 2.05) is 11.9 Å². The van der Waals surface area contributed by atoms with E-state index in [1.165, 1.54) is 0 Å². The van der Waals surface area contributed by atoms with Crippen LogP contribution in [0.1, 0.15) is 6.42 Å². The second-order valence-corrected chi connectivity index (χ2v) is 7.64. The SMILES string of the molecule is CN(c1cc2c(cc1N)OCC(=O)N2)C1CCS(=O)(=O)C1. The quantitative estimate of drug-likeness (QED) is 0.758. The van der Waals surface area contributed by atoms with Crippen molar-refractivity contribution in [2.75, 3.05) is 41.1 Å². The van der Waals surface area contributed by atoms with Crippen molar-refractivity contribution in [1.29, 1.82) is 0 Å². The largest absolute Gasteiger partial charge is 0.482 e. The molecule has 0 bridgehead atoms. The highest BCUT2D eigenvalue weighted by molar-refractivity contribution is 7.91. The number of benzene rings is 1. The molecule has 21 heavy (non-hydrogen) atoms. The van der Waals surface area contributed by atoms with Crippen LogP contribution in [0.3, 0.4) is 0 Å². The summed E-state index contributed by atoms with van der Waals surface area (Å²) in [6.45, 7) is -0.0253. The van der Waals surface area contributed by atoms with Gasteiger partial charge in [0.05, 0.1) is 28.6 Å². The molecule has 7 nitrogen and oxygen atoms in total. The molecule has 114 valence electrons. The number of nitrogens with one attached hydrogen (secondary N) is 1. The summed E-state index contributed by atoms with van der Waals surface area (Å²) in [4.78, 5) is 13.2. The van der Waals surface area contributed by atoms with Gasteiger partial charge in [0.25, 0.3) is 5.91 Å². The third-order valence-electron chi connectivity index (χ3n) is 3.90. The molecule has 2 aliphatic rings. The van der Waals surface area contributed by atoms with Gasteiger partial charge in [-0.1, -0.05) is 0 Å². The number of hydrogen-bond donors (Lipinski definition) is 2. The Morgan fingerprint density at radius 1 is 1.43 bits per heavy atom. The molecule has 0 saturated carbocycles. The Bertz CT molecular complexity index is 702. The summed E-state index contributed by atoms with van der Waals surface area (Å²) >= 11 is 0. The number of fused-ring (bicyclic) bond motifs is 1. The van der Waals surface area contributed by atoms with Gasteiger partial charge >= 0.3 is 0 Å². The van der Waals surface area contributed by atoms with Gasteiger partial charge in [-0.15, -0.1) is 0 Å². The lowest BCUT2D eigenvalue weighted by molar-refractivity contribution is -0.118. The number of amides is 1. The first-order chi connectivity index (χ1) is 9.85. The smallest absolute Gasteiger partial charge is 0.262 e. The molecule has 0 spiro atoms. The van der Waals surface area contributed by atoms with Crippen LogP contribution >= 0.6 is 0 Å². The Morgan fingerprint density at radius 3 is 2.86 bits per heavy atom. The van der Waals surface area contributed by atoms with Crippen LogP contribution in [0.5, 0.6) is 5.75 Å². The number of nitrogen functional groups attached to an aromatic ring is 1. The summed E-state index contributed by atoms with van der Waals surface area (Å²) in [5.74, 6) is 0.642. The maximum Gasteiger partial charge on any atom is 0.262 e. The van der Waals surface area contributed by atoms with Gasteiger partial charge < -0.3 is 20.7 Å². The summed E-state index contributed by atoms with van der Waals surface area (Å²) in [5.41, 5.74) is 7.78. The van der Waals surface area contributed by atoms with Crippen LogP contribution in [-0.4, -0.2) is 45.5 Å². The fraction of sp³-hybridized carbons (Fsp3) is 0.462. The van der Waals surface area contributed by atoms with Gasteiger partial charge in [0.1, 0.15) is 5.75 Å². The van der Waals surface area contributed by atoms with Crippen LogP contribution in [-0.2, 0) is 14.6 Å². The second kappa shape index (κ2) is 4.80. The summed E-state index contributed by atoms with van der Waals surface area (Å²) in [7, 11) is -1.15. The first kappa shape index (κ1) is 14.0.